The van der Waals surface area contributed by atoms with E-state index >= 15 is 0 Å². The second kappa shape index (κ2) is 24.5. The molecule has 0 aliphatic rings. The predicted molar refractivity (Wildman–Crippen MR) is 101 cm³/mol. The molecule has 0 spiro atoms. The molecule has 0 aromatic carbocycles. The lowest BCUT2D eigenvalue weighted by Crippen LogP contribution is -3.00. The molecule has 0 aromatic rings. The van der Waals surface area contributed by atoms with E-state index in [1.165, 1.54) is 122 Å². The monoisotopic (exact) mass is 347 g/mol. The van der Waals surface area contributed by atoms with Crippen LogP contribution in [0, 0.1) is 0 Å². The Labute approximate surface area is 154 Å². The molecule has 0 bridgehead atoms. The number of nitrogens with two attached hydrogens (primary N) is 1. The summed E-state index contributed by atoms with van der Waals surface area (Å²) in [4.78, 5) is 0. The standard InChI is InChI=1S/C21H45N.ClH/c1-3-5-7-8-9-10-11-12-13-14-15-16-17-19-21-22-20-18-6-4-2;/h22H,3-21H2,1-2H3;1H. The van der Waals surface area contributed by atoms with Gasteiger partial charge in [-0.05, 0) is 25.7 Å². The lowest BCUT2D eigenvalue weighted by molar-refractivity contribution is -0.655. The number of unbranched alkanes of at least 4 members (excludes halogenated alkanes) is 15. The third-order valence-electron chi connectivity index (χ3n) is 4.77. The zero-order valence-corrected chi connectivity index (χ0v) is 17.1. The second-order valence-corrected chi connectivity index (χ2v) is 7.17. The summed E-state index contributed by atoms with van der Waals surface area (Å²) in [5.74, 6) is 0. The van der Waals surface area contributed by atoms with Crippen LogP contribution in [0.4, 0.5) is 0 Å². The Morgan fingerprint density at radius 2 is 0.652 bits per heavy atom. The third-order valence-corrected chi connectivity index (χ3v) is 4.77. The van der Waals surface area contributed by atoms with Gasteiger partial charge >= 0.3 is 0 Å². The van der Waals surface area contributed by atoms with Gasteiger partial charge < -0.3 is 17.7 Å². The Bertz CT molecular complexity index is 165. The first-order chi connectivity index (χ1) is 10.9. The summed E-state index contributed by atoms with van der Waals surface area (Å²) in [6.07, 6.45) is 24.7. The van der Waals surface area contributed by atoms with Crippen molar-refractivity contribution in [2.24, 2.45) is 0 Å². The fourth-order valence-electron chi connectivity index (χ4n) is 3.17. The molecule has 0 aromatic heterocycles. The van der Waals surface area contributed by atoms with E-state index in [0.29, 0.717) is 0 Å². The first-order valence-electron chi connectivity index (χ1n) is 10.7. The van der Waals surface area contributed by atoms with E-state index < -0.39 is 0 Å². The first-order valence-corrected chi connectivity index (χ1v) is 10.7. The number of rotatable bonds is 19. The molecule has 2 heteroatoms. The highest BCUT2D eigenvalue weighted by Crippen LogP contribution is 2.12. The maximum absolute atomic E-state index is 2.52. The highest BCUT2D eigenvalue weighted by Gasteiger charge is 1.95. The van der Waals surface area contributed by atoms with Crippen molar-refractivity contribution >= 4 is 0 Å². The molecule has 2 N–H and O–H groups in total. The average molecular weight is 348 g/mol. The molecule has 23 heavy (non-hydrogen) atoms. The number of hydrogen-bond acceptors (Lipinski definition) is 0. The van der Waals surface area contributed by atoms with Gasteiger partial charge in [-0.25, -0.2) is 0 Å². The Balaban J connectivity index is 0. The summed E-state index contributed by atoms with van der Waals surface area (Å²) in [5, 5.41) is 2.52. The van der Waals surface area contributed by atoms with E-state index in [1.54, 1.807) is 0 Å². The van der Waals surface area contributed by atoms with Crippen LogP contribution in [-0.2, 0) is 0 Å². The summed E-state index contributed by atoms with van der Waals surface area (Å²) in [7, 11) is 0. The molecule has 0 atom stereocenters. The molecule has 142 valence electrons. The highest BCUT2D eigenvalue weighted by atomic mass is 35.5. The van der Waals surface area contributed by atoms with Crippen LogP contribution < -0.4 is 17.7 Å². The molecule has 0 saturated carbocycles. The maximum atomic E-state index is 2.52. The topological polar surface area (TPSA) is 16.6 Å². The van der Waals surface area contributed by atoms with Crippen molar-refractivity contribution in [3.8, 4) is 0 Å². The molecule has 0 aliphatic heterocycles. The quantitative estimate of drug-likeness (QED) is 0.345. The normalized spacial score (nSPS) is 10.7. The fourth-order valence-corrected chi connectivity index (χ4v) is 3.17. The van der Waals surface area contributed by atoms with Gasteiger partial charge in [-0.15, -0.1) is 0 Å². The predicted octanol–water partition coefficient (Wildman–Crippen LogP) is 3.23. The van der Waals surface area contributed by atoms with Gasteiger partial charge in [-0.1, -0.05) is 97.3 Å². The van der Waals surface area contributed by atoms with Gasteiger partial charge in [0.15, 0.2) is 0 Å². The third kappa shape index (κ3) is 24.6. The van der Waals surface area contributed by atoms with Crippen molar-refractivity contribution in [1.82, 2.24) is 0 Å². The molecule has 0 heterocycles. The van der Waals surface area contributed by atoms with Crippen molar-refractivity contribution in [2.75, 3.05) is 13.1 Å². The Hall–Kier alpha value is 0.250. The van der Waals surface area contributed by atoms with E-state index in [2.05, 4.69) is 19.2 Å². The van der Waals surface area contributed by atoms with E-state index in [4.69, 9.17) is 0 Å². The van der Waals surface area contributed by atoms with Gasteiger partial charge in [0.2, 0.25) is 0 Å². The lowest BCUT2D eigenvalue weighted by atomic mass is 10.0. The van der Waals surface area contributed by atoms with Gasteiger partial charge in [0.25, 0.3) is 0 Å². The van der Waals surface area contributed by atoms with E-state index in [1.807, 2.05) is 0 Å². The minimum atomic E-state index is 0. The zero-order valence-electron chi connectivity index (χ0n) is 16.4. The summed E-state index contributed by atoms with van der Waals surface area (Å²) in [6, 6.07) is 0. The van der Waals surface area contributed by atoms with E-state index in [-0.39, 0.29) is 12.4 Å². The van der Waals surface area contributed by atoms with Gasteiger partial charge in [0.05, 0.1) is 13.1 Å². The minimum absolute atomic E-state index is 0. The first kappa shape index (κ1) is 25.5. The smallest absolute Gasteiger partial charge is 0.0755 e. The van der Waals surface area contributed by atoms with Gasteiger partial charge in [-0.3, -0.25) is 0 Å². The molecule has 0 saturated heterocycles. The Kier molecular flexibility index (Phi) is 27.2. The SMILES string of the molecule is CCCCCCCCCCCCCCCC[NH2+]CCCCC.[Cl-]. The van der Waals surface area contributed by atoms with Crippen molar-refractivity contribution in [3.05, 3.63) is 0 Å². The van der Waals surface area contributed by atoms with Crippen LogP contribution in [-0.4, -0.2) is 13.1 Å². The number of hydrogen-bond donors (Lipinski definition) is 1. The van der Waals surface area contributed by atoms with Gasteiger partial charge in [0, 0.05) is 0 Å². The average Bonchev–Trinajstić information content (AvgIpc) is 2.54. The summed E-state index contributed by atoms with van der Waals surface area (Å²) in [5.41, 5.74) is 0. The Morgan fingerprint density at radius 1 is 0.391 bits per heavy atom. The van der Waals surface area contributed by atoms with E-state index in [9.17, 15) is 0 Å². The summed E-state index contributed by atoms with van der Waals surface area (Å²) in [6.45, 7) is 7.30. The van der Waals surface area contributed by atoms with Crippen LogP contribution in [0.25, 0.3) is 0 Å². The minimum Gasteiger partial charge on any atom is -1.00 e. The summed E-state index contributed by atoms with van der Waals surface area (Å²) < 4.78 is 0. The molecule has 0 radical (unpaired) electrons. The molecule has 0 amide bonds. The van der Waals surface area contributed by atoms with Crippen LogP contribution in [0.3, 0.4) is 0 Å². The van der Waals surface area contributed by atoms with Crippen molar-refractivity contribution in [2.45, 2.75) is 123 Å². The van der Waals surface area contributed by atoms with Crippen molar-refractivity contribution in [3.63, 3.8) is 0 Å². The summed E-state index contributed by atoms with van der Waals surface area (Å²) >= 11 is 0. The highest BCUT2D eigenvalue weighted by molar-refractivity contribution is 4.49. The molecular weight excluding hydrogens is 302 g/mol. The Morgan fingerprint density at radius 3 is 1.04 bits per heavy atom. The molecule has 0 rings (SSSR count). The fraction of sp³-hybridized carbons (Fsp3) is 1.00. The zero-order chi connectivity index (χ0) is 16.1. The van der Waals surface area contributed by atoms with Crippen molar-refractivity contribution < 1.29 is 17.7 Å². The number of quaternary nitrogens is 1. The maximum Gasteiger partial charge on any atom is 0.0755 e. The molecule has 1 nitrogen and oxygen atoms in total. The molecule has 0 aliphatic carbocycles. The molecule has 0 fully saturated rings. The molecular formula is C21H46ClN. The number of halogens is 1. The van der Waals surface area contributed by atoms with Gasteiger partial charge in [-0.2, -0.15) is 0 Å². The second-order valence-electron chi connectivity index (χ2n) is 7.17. The molecule has 0 unspecified atom stereocenters. The van der Waals surface area contributed by atoms with E-state index in [0.717, 1.165) is 0 Å². The van der Waals surface area contributed by atoms with Crippen LogP contribution >= 0.6 is 0 Å². The van der Waals surface area contributed by atoms with Crippen LogP contribution in [0.2, 0.25) is 0 Å². The lowest BCUT2D eigenvalue weighted by Gasteiger charge is -2.03. The largest absolute Gasteiger partial charge is 1.00 e. The van der Waals surface area contributed by atoms with Crippen molar-refractivity contribution in [1.29, 1.82) is 0 Å². The van der Waals surface area contributed by atoms with Crippen LogP contribution in [0.5, 0.6) is 0 Å². The van der Waals surface area contributed by atoms with Gasteiger partial charge in [0.1, 0.15) is 0 Å². The van der Waals surface area contributed by atoms with Crippen LogP contribution in [0.1, 0.15) is 123 Å². The van der Waals surface area contributed by atoms with Crippen LogP contribution in [0.15, 0.2) is 0 Å².